The van der Waals surface area contributed by atoms with Gasteiger partial charge in [0.05, 0.1) is 9.90 Å². The molecule has 1 aromatic heterocycles. The van der Waals surface area contributed by atoms with E-state index in [1.807, 2.05) is 0 Å². The zero-order valence-electron chi connectivity index (χ0n) is 8.38. The minimum absolute atomic E-state index is 0.00968. The molecule has 0 radical (unpaired) electrons. The quantitative estimate of drug-likeness (QED) is 0.889. The highest BCUT2D eigenvalue weighted by Gasteiger charge is 2.59. The molecule has 1 aromatic rings. The second-order valence-corrected chi connectivity index (χ2v) is 4.70. The van der Waals surface area contributed by atoms with E-state index in [0.717, 1.165) is 11.3 Å². The fraction of sp³-hybridized carbons (Fsp3) is 0.556. The lowest BCUT2D eigenvalue weighted by Crippen LogP contribution is -2.55. The van der Waals surface area contributed by atoms with Gasteiger partial charge in [0.2, 0.25) is 5.60 Å². The zero-order chi connectivity index (χ0) is 12.6. The van der Waals surface area contributed by atoms with Crippen LogP contribution < -0.4 is 5.73 Å². The van der Waals surface area contributed by atoms with E-state index < -0.39 is 17.8 Å². The summed E-state index contributed by atoms with van der Waals surface area (Å²) >= 11 is 6.37. The summed E-state index contributed by atoms with van der Waals surface area (Å²) in [6.07, 6.45) is -4.86. The third kappa shape index (κ3) is 2.07. The van der Waals surface area contributed by atoms with E-state index in [4.69, 9.17) is 17.3 Å². The van der Waals surface area contributed by atoms with E-state index in [0.29, 0.717) is 0 Å². The largest absolute Gasteiger partial charge is 0.423 e. The highest BCUT2D eigenvalue weighted by molar-refractivity contribution is 7.10. The van der Waals surface area contributed by atoms with Crippen LogP contribution in [0.15, 0.2) is 11.4 Å². The Hall–Kier alpha value is -0.300. The molecule has 0 spiro atoms. The third-order valence-electron chi connectivity index (χ3n) is 2.37. The number of nitrogens with two attached hydrogens (primary N) is 1. The summed E-state index contributed by atoms with van der Waals surface area (Å²) in [7, 11) is 0. The summed E-state index contributed by atoms with van der Waals surface area (Å²) in [5.41, 5.74) is 2.30. The molecule has 1 rings (SSSR count). The molecule has 0 aliphatic heterocycles. The van der Waals surface area contributed by atoms with Gasteiger partial charge in [-0.3, -0.25) is 0 Å². The molecule has 0 aromatic carbocycles. The lowest BCUT2D eigenvalue weighted by Gasteiger charge is -2.34. The number of rotatable bonds is 3. The first-order valence-corrected chi connectivity index (χ1v) is 5.79. The highest BCUT2D eigenvalue weighted by Crippen LogP contribution is 2.46. The molecule has 1 heterocycles. The number of hydrogen-bond donors (Lipinski definition) is 2. The average molecular weight is 274 g/mol. The number of hydrogen-bond acceptors (Lipinski definition) is 3. The summed E-state index contributed by atoms with van der Waals surface area (Å²) in [4.78, 5) is -0.351. The molecule has 0 aliphatic carbocycles. The zero-order valence-corrected chi connectivity index (χ0v) is 9.96. The molecule has 0 aliphatic rings. The van der Waals surface area contributed by atoms with E-state index in [2.05, 4.69) is 0 Å². The first-order chi connectivity index (χ1) is 7.25. The predicted octanol–water partition coefficient (Wildman–Crippen LogP) is 2.89. The molecule has 0 bridgehead atoms. The van der Waals surface area contributed by atoms with Crippen molar-refractivity contribution in [2.24, 2.45) is 5.73 Å². The van der Waals surface area contributed by atoms with Gasteiger partial charge in [0.15, 0.2) is 0 Å². The topological polar surface area (TPSA) is 46.2 Å². The molecule has 2 atom stereocenters. The normalized spacial score (nSPS) is 18.2. The van der Waals surface area contributed by atoms with Gasteiger partial charge < -0.3 is 10.8 Å². The van der Waals surface area contributed by atoms with Gasteiger partial charge in [0.1, 0.15) is 0 Å². The lowest BCUT2D eigenvalue weighted by atomic mass is 9.90. The maximum atomic E-state index is 12.9. The van der Waals surface area contributed by atoms with E-state index in [1.165, 1.54) is 18.4 Å². The molecule has 0 saturated heterocycles. The first-order valence-electron chi connectivity index (χ1n) is 4.53. The van der Waals surface area contributed by atoms with Crippen LogP contribution in [-0.4, -0.2) is 17.3 Å². The van der Waals surface area contributed by atoms with Gasteiger partial charge in [0.25, 0.3) is 0 Å². The SMILES string of the molecule is CCC(N)C(O)(c1sccc1Cl)C(F)(F)F. The number of alkyl halides is 3. The van der Waals surface area contributed by atoms with Gasteiger partial charge in [-0.15, -0.1) is 11.3 Å². The van der Waals surface area contributed by atoms with Crippen LogP contribution in [0.25, 0.3) is 0 Å². The van der Waals surface area contributed by atoms with Crippen LogP contribution >= 0.6 is 22.9 Å². The van der Waals surface area contributed by atoms with Crippen molar-refractivity contribution in [2.45, 2.75) is 31.2 Å². The van der Waals surface area contributed by atoms with Crippen LogP contribution in [0, 0.1) is 0 Å². The Kier molecular flexibility index (Phi) is 3.89. The Balaban J connectivity index is 3.32. The molecule has 2 unspecified atom stereocenters. The third-order valence-corrected chi connectivity index (χ3v) is 3.84. The minimum Gasteiger partial charge on any atom is -0.374 e. The molecule has 92 valence electrons. The standard InChI is InChI=1S/C9H11ClF3NOS/c1-2-6(14)8(15,9(11,12)13)7-5(10)3-4-16-7/h3-4,6,15H,2,14H2,1H3. The van der Waals surface area contributed by atoms with Crippen molar-refractivity contribution < 1.29 is 18.3 Å². The number of thiophene rings is 1. The van der Waals surface area contributed by atoms with Crippen LogP contribution in [-0.2, 0) is 5.60 Å². The molecular weight excluding hydrogens is 263 g/mol. The van der Waals surface area contributed by atoms with Gasteiger partial charge in [-0.1, -0.05) is 18.5 Å². The van der Waals surface area contributed by atoms with Crippen molar-refractivity contribution in [1.29, 1.82) is 0 Å². The fourth-order valence-corrected chi connectivity index (χ4v) is 2.75. The molecule has 3 N–H and O–H groups in total. The number of aliphatic hydroxyl groups is 1. The first kappa shape index (κ1) is 13.8. The van der Waals surface area contributed by atoms with Crippen molar-refractivity contribution in [3.8, 4) is 0 Å². The van der Waals surface area contributed by atoms with E-state index in [9.17, 15) is 18.3 Å². The van der Waals surface area contributed by atoms with Crippen LogP contribution in [0.5, 0.6) is 0 Å². The van der Waals surface area contributed by atoms with Gasteiger partial charge in [-0.25, -0.2) is 0 Å². The summed E-state index contributed by atoms with van der Waals surface area (Å²) in [5, 5.41) is 11.1. The van der Waals surface area contributed by atoms with Gasteiger partial charge in [-0.2, -0.15) is 13.2 Å². The Morgan fingerprint density at radius 3 is 2.44 bits per heavy atom. The lowest BCUT2D eigenvalue weighted by molar-refractivity contribution is -0.273. The Morgan fingerprint density at radius 2 is 2.12 bits per heavy atom. The second kappa shape index (κ2) is 4.52. The maximum absolute atomic E-state index is 12.9. The van der Waals surface area contributed by atoms with E-state index in [-0.39, 0.29) is 16.3 Å². The summed E-state index contributed by atoms with van der Waals surface area (Å²) in [6, 6.07) is -0.135. The molecule has 0 amide bonds. The number of halogens is 4. The predicted molar refractivity (Wildman–Crippen MR) is 57.5 cm³/mol. The smallest absolute Gasteiger partial charge is 0.374 e. The molecular formula is C9H11ClF3NOS. The average Bonchev–Trinajstić information content (AvgIpc) is 2.60. The second-order valence-electron chi connectivity index (χ2n) is 3.38. The van der Waals surface area contributed by atoms with Crippen LogP contribution in [0.1, 0.15) is 18.2 Å². The van der Waals surface area contributed by atoms with Crippen LogP contribution in [0.3, 0.4) is 0 Å². The van der Waals surface area contributed by atoms with Crippen molar-refractivity contribution in [3.05, 3.63) is 21.3 Å². The molecule has 16 heavy (non-hydrogen) atoms. The Bertz CT molecular complexity index is 368. The minimum atomic E-state index is -4.85. The molecule has 7 heteroatoms. The van der Waals surface area contributed by atoms with Crippen molar-refractivity contribution in [1.82, 2.24) is 0 Å². The van der Waals surface area contributed by atoms with Crippen molar-refractivity contribution >= 4 is 22.9 Å². The van der Waals surface area contributed by atoms with Gasteiger partial charge >= 0.3 is 6.18 Å². The molecule has 2 nitrogen and oxygen atoms in total. The molecule has 0 saturated carbocycles. The van der Waals surface area contributed by atoms with Gasteiger partial charge in [-0.05, 0) is 17.9 Å². The summed E-state index contributed by atoms with van der Waals surface area (Å²) < 4.78 is 38.7. The Labute approximate surface area is 99.8 Å². The fourth-order valence-electron chi connectivity index (χ4n) is 1.37. The van der Waals surface area contributed by atoms with E-state index >= 15 is 0 Å². The van der Waals surface area contributed by atoms with E-state index in [1.54, 1.807) is 0 Å². The van der Waals surface area contributed by atoms with Crippen LogP contribution in [0.4, 0.5) is 13.2 Å². The van der Waals surface area contributed by atoms with Crippen molar-refractivity contribution in [3.63, 3.8) is 0 Å². The maximum Gasteiger partial charge on any atom is 0.423 e. The highest BCUT2D eigenvalue weighted by atomic mass is 35.5. The van der Waals surface area contributed by atoms with Crippen molar-refractivity contribution in [2.75, 3.05) is 0 Å². The molecule has 0 fully saturated rings. The van der Waals surface area contributed by atoms with Crippen LogP contribution in [0.2, 0.25) is 5.02 Å². The van der Waals surface area contributed by atoms with Gasteiger partial charge in [0, 0.05) is 6.04 Å². The monoisotopic (exact) mass is 273 g/mol. The summed E-state index contributed by atoms with van der Waals surface area (Å²) in [5.74, 6) is 0. The summed E-state index contributed by atoms with van der Waals surface area (Å²) in [6.45, 7) is 1.48. The Morgan fingerprint density at radius 1 is 1.56 bits per heavy atom.